The van der Waals surface area contributed by atoms with Crippen LogP contribution in [0.2, 0.25) is 0 Å². The van der Waals surface area contributed by atoms with E-state index >= 15 is 0 Å². The Morgan fingerprint density at radius 1 is 1.20 bits per heavy atom. The molecule has 2 heteroatoms. The van der Waals surface area contributed by atoms with Gasteiger partial charge in [-0.1, -0.05) is 0 Å². The average Bonchev–Trinajstić information content (AvgIpc) is 2.16. The molecule has 1 nitrogen and oxygen atoms in total. The summed E-state index contributed by atoms with van der Waals surface area (Å²) in [7, 11) is 0. The Morgan fingerprint density at radius 2 is 1.80 bits per heavy atom. The molecular formula is C13H16OSe. The van der Waals surface area contributed by atoms with Gasteiger partial charge in [0.1, 0.15) is 0 Å². The molecule has 0 heterocycles. The topological polar surface area (TPSA) is 17.1 Å². The van der Waals surface area contributed by atoms with Crippen LogP contribution in [-0.2, 0) is 4.79 Å². The summed E-state index contributed by atoms with van der Waals surface area (Å²) < 4.78 is 2.16. The number of benzene rings is 1. The number of allylic oxidation sites excluding steroid dienone is 2. The van der Waals surface area contributed by atoms with Crippen molar-refractivity contribution in [2.24, 2.45) is 5.41 Å². The molecule has 0 aliphatic carbocycles. The van der Waals surface area contributed by atoms with Gasteiger partial charge in [0.25, 0.3) is 0 Å². The van der Waals surface area contributed by atoms with E-state index in [0.29, 0.717) is 0 Å². The third-order valence-electron chi connectivity index (χ3n) is 1.67. The molecule has 0 aliphatic rings. The number of hydrogen-bond acceptors (Lipinski definition) is 1. The standard InChI is InChI=1S/C13H16OSe/c1-13(2,3)9-12(10-14)15-11-7-5-4-6-8-11/h4-10H,1-3H3/b12-9-. The maximum atomic E-state index is 10.9. The van der Waals surface area contributed by atoms with Crippen LogP contribution >= 0.6 is 0 Å². The Balaban J connectivity index is 2.79. The molecule has 0 spiro atoms. The molecule has 0 amide bonds. The van der Waals surface area contributed by atoms with Gasteiger partial charge in [0.15, 0.2) is 0 Å². The second-order valence-corrected chi connectivity index (χ2v) is 6.85. The molecule has 0 aliphatic heterocycles. The number of rotatable bonds is 3. The van der Waals surface area contributed by atoms with E-state index in [2.05, 4.69) is 39.0 Å². The maximum absolute atomic E-state index is 10.9. The van der Waals surface area contributed by atoms with E-state index in [1.165, 1.54) is 4.46 Å². The van der Waals surface area contributed by atoms with Gasteiger partial charge in [-0.05, 0) is 0 Å². The van der Waals surface area contributed by atoms with Crippen molar-refractivity contribution in [3.63, 3.8) is 0 Å². The average molecular weight is 267 g/mol. The zero-order chi connectivity index (χ0) is 11.3. The molecule has 0 saturated heterocycles. The Hall–Kier alpha value is -0.851. The van der Waals surface area contributed by atoms with Gasteiger partial charge in [0.05, 0.1) is 0 Å². The summed E-state index contributed by atoms with van der Waals surface area (Å²) in [4.78, 5) is 10.9. The van der Waals surface area contributed by atoms with E-state index in [0.717, 1.165) is 10.8 Å². The molecule has 80 valence electrons. The fourth-order valence-electron chi connectivity index (χ4n) is 1.14. The first kappa shape index (κ1) is 12.2. The first-order valence-corrected chi connectivity index (χ1v) is 6.63. The van der Waals surface area contributed by atoms with Crippen molar-refractivity contribution in [3.05, 3.63) is 40.9 Å². The fraction of sp³-hybridized carbons (Fsp3) is 0.308. The second-order valence-electron chi connectivity index (χ2n) is 4.45. The molecule has 1 rings (SSSR count). The van der Waals surface area contributed by atoms with Gasteiger partial charge in [-0.3, -0.25) is 0 Å². The zero-order valence-electron chi connectivity index (χ0n) is 9.36. The second kappa shape index (κ2) is 5.29. The zero-order valence-corrected chi connectivity index (χ0v) is 11.1. The summed E-state index contributed by atoms with van der Waals surface area (Å²) in [6, 6.07) is 10.2. The molecule has 0 aromatic heterocycles. The normalized spacial score (nSPS) is 12.6. The molecule has 0 fully saturated rings. The predicted molar refractivity (Wildman–Crippen MR) is 65.4 cm³/mol. The first-order valence-electron chi connectivity index (χ1n) is 4.92. The van der Waals surface area contributed by atoms with Crippen molar-refractivity contribution in [3.8, 4) is 0 Å². The van der Waals surface area contributed by atoms with Crippen LogP contribution in [0.25, 0.3) is 0 Å². The van der Waals surface area contributed by atoms with E-state index in [1.54, 1.807) is 0 Å². The van der Waals surface area contributed by atoms with E-state index in [1.807, 2.05) is 18.2 Å². The summed E-state index contributed by atoms with van der Waals surface area (Å²) >= 11 is 0.135. The van der Waals surface area contributed by atoms with Crippen LogP contribution in [0, 0.1) is 5.41 Å². The Morgan fingerprint density at radius 3 is 2.27 bits per heavy atom. The van der Waals surface area contributed by atoms with Crippen molar-refractivity contribution in [2.75, 3.05) is 0 Å². The van der Waals surface area contributed by atoms with Gasteiger partial charge in [-0.25, -0.2) is 0 Å². The van der Waals surface area contributed by atoms with Crippen molar-refractivity contribution in [1.29, 1.82) is 0 Å². The SMILES string of the molecule is CC(C)(C)/C=C(/C=O)[Se]c1ccccc1. The van der Waals surface area contributed by atoms with E-state index < -0.39 is 0 Å². The molecule has 0 radical (unpaired) electrons. The monoisotopic (exact) mass is 268 g/mol. The summed E-state index contributed by atoms with van der Waals surface area (Å²) in [5.74, 6) is 0. The molecule has 0 unspecified atom stereocenters. The van der Waals surface area contributed by atoms with E-state index in [9.17, 15) is 4.79 Å². The van der Waals surface area contributed by atoms with Crippen LogP contribution in [0.5, 0.6) is 0 Å². The van der Waals surface area contributed by atoms with Crippen LogP contribution < -0.4 is 4.46 Å². The molecule has 0 N–H and O–H groups in total. The molecule has 1 aromatic carbocycles. The third kappa shape index (κ3) is 4.96. The van der Waals surface area contributed by atoms with Gasteiger partial charge in [-0.15, -0.1) is 0 Å². The van der Waals surface area contributed by atoms with Crippen LogP contribution in [-0.4, -0.2) is 21.2 Å². The van der Waals surface area contributed by atoms with E-state index in [-0.39, 0.29) is 20.4 Å². The van der Waals surface area contributed by atoms with Crippen LogP contribution in [0.1, 0.15) is 20.8 Å². The van der Waals surface area contributed by atoms with Crippen molar-refractivity contribution < 1.29 is 4.79 Å². The molecule has 0 atom stereocenters. The quantitative estimate of drug-likeness (QED) is 0.466. The molecule has 1 aromatic rings. The van der Waals surface area contributed by atoms with Gasteiger partial charge < -0.3 is 0 Å². The molecule has 0 bridgehead atoms. The number of hydrogen-bond donors (Lipinski definition) is 0. The van der Waals surface area contributed by atoms with Gasteiger partial charge in [0.2, 0.25) is 0 Å². The Labute approximate surface area is 97.7 Å². The van der Waals surface area contributed by atoms with Crippen molar-refractivity contribution in [1.82, 2.24) is 0 Å². The Kier molecular flexibility index (Phi) is 4.31. The van der Waals surface area contributed by atoms with Gasteiger partial charge in [-0.2, -0.15) is 0 Å². The minimum absolute atomic E-state index is 0.0762. The number of carbonyl (C=O) groups is 1. The van der Waals surface area contributed by atoms with Crippen LogP contribution in [0.4, 0.5) is 0 Å². The number of aldehydes is 1. The van der Waals surface area contributed by atoms with Crippen LogP contribution in [0.15, 0.2) is 40.9 Å². The summed E-state index contributed by atoms with van der Waals surface area (Å²) in [5.41, 5.74) is 0.0762. The van der Waals surface area contributed by atoms with Crippen molar-refractivity contribution >= 4 is 25.7 Å². The molecular weight excluding hydrogens is 251 g/mol. The molecule has 0 saturated carbocycles. The first-order chi connectivity index (χ1) is 7.01. The Bertz CT molecular complexity index is 347. The summed E-state index contributed by atoms with van der Waals surface area (Å²) in [5, 5.41) is 0. The van der Waals surface area contributed by atoms with Crippen LogP contribution in [0.3, 0.4) is 0 Å². The van der Waals surface area contributed by atoms with Gasteiger partial charge in [0, 0.05) is 0 Å². The van der Waals surface area contributed by atoms with E-state index in [4.69, 9.17) is 0 Å². The fourth-order valence-corrected chi connectivity index (χ4v) is 3.29. The van der Waals surface area contributed by atoms with Crippen molar-refractivity contribution in [2.45, 2.75) is 20.8 Å². The predicted octanol–water partition coefficient (Wildman–Crippen LogP) is 2.15. The van der Waals surface area contributed by atoms with Gasteiger partial charge >= 0.3 is 97.6 Å². The number of carbonyl (C=O) groups excluding carboxylic acids is 1. The summed E-state index contributed by atoms with van der Waals surface area (Å²) in [6.45, 7) is 6.33. The molecule has 15 heavy (non-hydrogen) atoms. The minimum atomic E-state index is 0.0762. The summed E-state index contributed by atoms with van der Waals surface area (Å²) in [6.07, 6.45) is 3.05. The third-order valence-corrected chi connectivity index (χ3v) is 3.68.